The summed E-state index contributed by atoms with van der Waals surface area (Å²) in [6.45, 7) is -0.0401. The molecular formula is C15H20ClNO3. The summed E-state index contributed by atoms with van der Waals surface area (Å²) in [5.74, 6) is 0.232. The minimum atomic E-state index is -0.511. The van der Waals surface area contributed by atoms with Crippen molar-refractivity contribution in [1.29, 1.82) is 0 Å². The maximum atomic E-state index is 12.4. The molecule has 2 rings (SSSR count). The second-order valence-corrected chi connectivity index (χ2v) is 5.73. The van der Waals surface area contributed by atoms with Crippen LogP contribution in [0, 0.1) is 0 Å². The first-order valence-electron chi connectivity index (χ1n) is 6.87. The number of hydrogen-bond donors (Lipinski definition) is 2. The fraction of sp³-hybridized carbons (Fsp3) is 0.533. The van der Waals surface area contributed by atoms with Crippen molar-refractivity contribution in [2.75, 3.05) is 13.7 Å². The third-order valence-electron chi connectivity index (χ3n) is 3.90. The van der Waals surface area contributed by atoms with Crippen LogP contribution in [-0.2, 0) is 0 Å². The lowest BCUT2D eigenvalue weighted by molar-refractivity contribution is 0.0756. The molecule has 5 heteroatoms. The molecule has 110 valence electrons. The predicted molar refractivity (Wildman–Crippen MR) is 78.4 cm³/mol. The van der Waals surface area contributed by atoms with Gasteiger partial charge in [0, 0.05) is 5.02 Å². The molecule has 1 amide bonds. The summed E-state index contributed by atoms with van der Waals surface area (Å²) in [6.07, 6.45) is 4.80. The van der Waals surface area contributed by atoms with Crippen LogP contribution < -0.4 is 10.1 Å². The van der Waals surface area contributed by atoms with Crippen molar-refractivity contribution < 1.29 is 14.6 Å². The SMILES string of the molecule is COc1ccc(Cl)cc1C(=O)NC1(CO)CCCCC1. The lowest BCUT2D eigenvalue weighted by atomic mass is 9.82. The summed E-state index contributed by atoms with van der Waals surface area (Å²) in [7, 11) is 1.52. The van der Waals surface area contributed by atoms with Crippen LogP contribution in [0.1, 0.15) is 42.5 Å². The lowest BCUT2D eigenvalue weighted by Crippen LogP contribution is -2.52. The molecular weight excluding hydrogens is 278 g/mol. The van der Waals surface area contributed by atoms with Crippen LogP contribution in [0.15, 0.2) is 18.2 Å². The largest absolute Gasteiger partial charge is 0.496 e. The van der Waals surface area contributed by atoms with Gasteiger partial charge < -0.3 is 15.2 Å². The van der Waals surface area contributed by atoms with Crippen LogP contribution in [0.4, 0.5) is 0 Å². The van der Waals surface area contributed by atoms with Crippen molar-refractivity contribution >= 4 is 17.5 Å². The van der Waals surface area contributed by atoms with E-state index in [0.717, 1.165) is 32.1 Å². The molecule has 1 aliphatic carbocycles. The van der Waals surface area contributed by atoms with Crippen LogP contribution in [0.3, 0.4) is 0 Å². The summed E-state index contributed by atoms with van der Waals surface area (Å²) in [4.78, 5) is 12.4. The van der Waals surface area contributed by atoms with E-state index in [1.165, 1.54) is 7.11 Å². The van der Waals surface area contributed by atoms with Gasteiger partial charge in [0.25, 0.3) is 5.91 Å². The molecule has 4 nitrogen and oxygen atoms in total. The number of carbonyl (C=O) groups excluding carboxylic acids is 1. The van der Waals surface area contributed by atoms with Crippen molar-refractivity contribution in [2.45, 2.75) is 37.6 Å². The van der Waals surface area contributed by atoms with E-state index >= 15 is 0 Å². The van der Waals surface area contributed by atoms with E-state index < -0.39 is 5.54 Å². The highest BCUT2D eigenvalue weighted by Gasteiger charge is 2.33. The Labute approximate surface area is 124 Å². The first-order valence-corrected chi connectivity index (χ1v) is 7.25. The zero-order valence-electron chi connectivity index (χ0n) is 11.6. The van der Waals surface area contributed by atoms with E-state index in [2.05, 4.69) is 5.32 Å². The Morgan fingerprint density at radius 1 is 1.40 bits per heavy atom. The number of aliphatic hydroxyl groups is 1. The monoisotopic (exact) mass is 297 g/mol. The van der Waals surface area contributed by atoms with Gasteiger partial charge in [-0.1, -0.05) is 30.9 Å². The second kappa shape index (κ2) is 6.46. The number of hydrogen-bond acceptors (Lipinski definition) is 3. The normalized spacial score (nSPS) is 17.6. The number of amides is 1. The second-order valence-electron chi connectivity index (χ2n) is 5.30. The van der Waals surface area contributed by atoms with Gasteiger partial charge >= 0.3 is 0 Å². The molecule has 0 aliphatic heterocycles. The smallest absolute Gasteiger partial charge is 0.255 e. The van der Waals surface area contributed by atoms with Gasteiger partial charge in [0.15, 0.2) is 0 Å². The highest BCUT2D eigenvalue weighted by molar-refractivity contribution is 6.31. The third kappa shape index (κ3) is 3.25. The average Bonchev–Trinajstić information content (AvgIpc) is 2.48. The Kier molecular flexibility index (Phi) is 4.89. The van der Waals surface area contributed by atoms with Crippen LogP contribution in [0.25, 0.3) is 0 Å². The van der Waals surface area contributed by atoms with Gasteiger partial charge in [-0.15, -0.1) is 0 Å². The first kappa shape index (κ1) is 15.1. The minimum absolute atomic E-state index is 0.0401. The van der Waals surface area contributed by atoms with E-state index in [-0.39, 0.29) is 12.5 Å². The molecule has 0 aromatic heterocycles. The van der Waals surface area contributed by atoms with Gasteiger partial charge in [0.2, 0.25) is 0 Å². The van der Waals surface area contributed by atoms with Gasteiger partial charge in [-0.3, -0.25) is 4.79 Å². The Morgan fingerprint density at radius 2 is 2.10 bits per heavy atom. The molecule has 1 aromatic carbocycles. The quantitative estimate of drug-likeness (QED) is 0.898. The zero-order chi connectivity index (χ0) is 14.6. The van der Waals surface area contributed by atoms with Crippen molar-refractivity contribution in [3.8, 4) is 5.75 Å². The Morgan fingerprint density at radius 3 is 2.70 bits per heavy atom. The fourth-order valence-corrected chi connectivity index (χ4v) is 2.89. The average molecular weight is 298 g/mol. The minimum Gasteiger partial charge on any atom is -0.496 e. The Bertz CT molecular complexity index is 484. The van der Waals surface area contributed by atoms with Gasteiger partial charge in [-0.25, -0.2) is 0 Å². The molecule has 0 bridgehead atoms. The summed E-state index contributed by atoms with van der Waals surface area (Å²) in [5, 5.41) is 13.1. The van der Waals surface area contributed by atoms with E-state index in [0.29, 0.717) is 16.3 Å². The molecule has 0 unspecified atom stereocenters. The number of halogens is 1. The summed E-state index contributed by atoms with van der Waals surface area (Å²) >= 11 is 5.94. The maximum absolute atomic E-state index is 12.4. The van der Waals surface area contributed by atoms with E-state index in [9.17, 15) is 9.90 Å². The molecule has 0 saturated heterocycles. The molecule has 0 atom stereocenters. The zero-order valence-corrected chi connectivity index (χ0v) is 12.4. The third-order valence-corrected chi connectivity index (χ3v) is 4.13. The fourth-order valence-electron chi connectivity index (χ4n) is 2.72. The molecule has 1 fully saturated rings. The lowest BCUT2D eigenvalue weighted by Gasteiger charge is -2.36. The molecule has 0 spiro atoms. The maximum Gasteiger partial charge on any atom is 0.255 e. The number of methoxy groups -OCH3 is 1. The van der Waals surface area contributed by atoms with E-state index in [1.807, 2.05) is 0 Å². The Hall–Kier alpha value is -1.26. The number of nitrogens with one attached hydrogen (secondary N) is 1. The van der Waals surface area contributed by atoms with E-state index in [1.54, 1.807) is 18.2 Å². The molecule has 2 N–H and O–H groups in total. The summed E-state index contributed by atoms with van der Waals surface area (Å²) < 4.78 is 5.20. The Balaban J connectivity index is 2.20. The molecule has 1 saturated carbocycles. The predicted octanol–water partition coefficient (Wildman–Crippen LogP) is 2.77. The number of aliphatic hydroxyl groups excluding tert-OH is 1. The highest BCUT2D eigenvalue weighted by Crippen LogP contribution is 2.29. The van der Waals surface area contributed by atoms with Gasteiger partial charge in [0.05, 0.1) is 24.8 Å². The molecule has 1 aliphatic rings. The van der Waals surface area contributed by atoms with Crippen LogP contribution in [-0.4, -0.2) is 30.3 Å². The van der Waals surface area contributed by atoms with Crippen molar-refractivity contribution in [3.05, 3.63) is 28.8 Å². The number of rotatable bonds is 4. The van der Waals surface area contributed by atoms with Crippen molar-refractivity contribution in [1.82, 2.24) is 5.32 Å². The summed E-state index contributed by atoms with van der Waals surface area (Å²) in [6, 6.07) is 4.94. The molecule has 20 heavy (non-hydrogen) atoms. The van der Waals surface area contributed by atoms with Crippen LogP contribution in [0.5, 0.6) is 5.75 Å². The molecule has 1 aromatic rings. The van der Waals surface area contributed by atoms with E-state index in [4.69, 9.17) is 16.3 Å². The molecule has 0 heterocycles. The summed E-state index contributed by atoms with van der Waals surface area (Å²) in [5.41, 5.74) is -0.110. The van der Waals surface area contributed by atoms with Gasteiger partial charge in [0.1, 0.15) is 5.75 Å². The van der Waals surface area contributed by atoms with Gasteiger partial charge in [-0.05, 0) is 31.0 Å². The number of ether oxygens (including phenoxy) is 1. The molecule has 0 radical (unpaired) electrons. The number of benzene rings is 1. The topological polar surface area (TPSA) is 58.6 Å². The number of carbonyl (C=O) groups is 1. The van der Waals surface area contributed by atoms with Gasteiger partial charge in [-0.2, -0.15) is 0 Å². The van der Waals surface area contributed by atoms with Crippen LogP contribution in [0.2, 0.25) is 5.02 Å². The van der Waals surface area contributed by atoms with Crippen molar-refractivity contribution in [2.24, 2.45) is 0 Å². The standard InChI is InChI=1S/C15H20ClNO3/c1-20-13-6-5-11(16)9-12(13)14(19)17-15(10-18)7-3-2-4-8-15/h5-6,9,18H,2-4,7-8,10H2,1H3,(H,17,19). The van der Waals surface area contributed by atoms with Crippen LogP contribution >= 0.6 is 11.6 Å². The highest BCUT2D eigenvalue weighted by atomic mass is 35.5. The first-order chi connectivity index (χ1) is 9.60. The van der Waals surface area contributed by atoms with Crippen molar-refractivity contribution in [3.63, 3.8) is 0 Å².